The molecule has 1 aromatic carbocycles. The van der Waals surface area contributed by atoms with Crippen LogP contribution in [0.3, 0.4) is 0 Å². The van der Waals surface area contributed by atoms with Gasteiger partial charge in [0, 0.05) is 11.8 Å². The minimum Gasteiger partial charge on any atom is -0.323 e. The summed E-state index contributed by atoms with van der Waals surface area (Å²) in [6.07, 6.45) is 1.77. The van der Waals surface area contributed by atoms with E-state index in [1.807, 2.05) is 20.8 Å². The van der Waals surface area contributed by atoms with Crippen molar-refractivity contribution in [3.63, 3.8) is 0 Å². The van der Waals surface area contributed by atoms with Gasteiger partial charge in [0.05, 0.1) is 21.1 Å². The maximum atomic E-state index is 13.0. The molecule has 2 bridgehead atoms. The van der Waals surface area contributed by atoms with E-state index >= 15 is 0 Å². The van der Waals surface area contributed by atoms with Gasteiger partial charge in [-0.3, -0.25) is 9.59 Å². The number of carbonyl (C=O) groups excluding carboxylic acids is 2. The average Bonchev–Trinajstić information content (AvgIpc) is 2.73. The molecule has 0 aromatic heterocycles. The number of anilines is 1. The van der Waals surface area contributed by atoms with Crippen molar-refractivity contribution in [1.82, 2.24) is 0 Å². The molecule has 2 aliphatic rings. The van der Waals surface area contributed by atoms with Crippen LogP contribution in [0.1, 0.15) is 40.0 Å². The van der Waals surface area contributed by atoms with E-state index in [-0.39, 0.29) is 17.1 Å². The van der Waals surface area contributed by atoms with Crippen molar-refractivity contribution in [2.24, 2.45) is 16.2 Å². The maximum Gasteiger partial charge on any atom is 0.231 e. The van der Waals surface area contributed by atoms with E-state index in [9.17, 15) is 9.59 Å². The molecule has 0 spiro atoms. The van der Waals surface area contributed by atoms with Gasteiger partial charge in [-0.15, -0.1) is 0 Å². The van der Waals surface area contributed by atoms with Crippen molar-refractivity contribution in [3.8, 4) is 0 Å². The van der Waals surface area contributed by atoms with Crippen LogP contribution in [0.25, 0.3) is 0 Å². The molecule has 2 fully saturated rings. The summed E-state index contributed by atoms with van der Waals surface area (Å²) in [4.78, 5) is 25.5. The van der Waals surface area contributed by atoms with Crippen molar-refractivity contribution < 1.29 is 9.59 Å². The first-order chi connectivity index (χ1) is 10.2. The molecular weight excluding hydrogens is 321 g/mol. The van der Waals surface area contributed by atoms with E-state index in [2.05, 4.69) is 5.32 Å². The van der Waals surface area contributed by atoms with Crippen LogP contribution in [0.4, 0.5) is 5.69 Å². The Hall–Kier alpha value is -1.06. The van der Waals surface area contributed by atoms with Gasteiger partial charge in [0.1, 0.15) is 5.78 Å². The van der Waals surface area contributed by atoms with E-state index in [1.165, 1.54) is 0 Å². The summed E-state index contributed by atoms with van der Waals surface area (Å²) < 4.78 is 0. The fourth-order valence-electron chi connectivity index (χ4n) is 4.21. The van der Waals surface area contributed by atoms with Crippen molar-refractivity contribution in [2.75, 3.05) is 5.32 Å². The third kappa shape index (κ3) is 1.75. The molecule has 0 radical (unpaired) electrons. The summed E-state index contributed by atoms with van der Waals surface area (Å²) >= 11 is 12.3. The Morgan fingerprint density at radius 2 is 1.73 bits per heavy atom. The molecule has 2 atom stereocenters. The Balaban J connectivity index is 1.98. The van der Waals surface area contributed by atoms with Crippen molar-refractivity contribution in [3.05, 3.63) is 28.2 Å². The van der Waals surface area contributed by atoms with Crippen LogP contribution < -0.4 is 5.32 Å². The molecule has 0 heterocycles. The summed E-state index contributed by atoms with van der Waals surface area (Å²) in [5.41, 5.74) is -1.06. The molecule has 0 unspecified atom stereocenters. The molecule has 0 aliphatic heterocycles. The molecule has 5 heteroatoms. The Morgan fingerprint density at radius 1 is 1.14 bits per heavy atom. The summed E-state index contributed by atoms with van der Waals surface area (Å²) in [7, 11) is 0. The number of fused-ring (bicyclic) bond motifs is 2. The Morgan fingerprint density at radius 3 is 2.18 bits per heavy atom. The highest BCUT2D eigenvalue weighted by Gasteiger charge is 2.72. The van der Waals surface area contributed by atoms with Gasteiger partial charge < -0.3 is 5.32 Å². The zero-order valence-electron chi connectivity index (χ0n) is 12.9. The van der Waals surface area contributed by atoms with Crippen LogP contribution in [-0.4, -0.2) is 11.7 Å². The van der Waals surface area contributed by atoms with Gasteiger partial charge in [0.15, 0.2) is 0 Å². The predicted molar refractivity (Wildman–Crippen MR) is 88.3 cm³/mol. The largest absolute Gasteiger partial charge is 0.323 e. The van der Waals surface area contributed by atoms with Crippen molar-refractivity contribution in [2.45, 2.75) is 40.0 Å². The number of hydrogen-bond donors (Lipinski definition) is 1. The second-order valence-corrected chi connectivity index (χ2v) is 8.00. The number of Topliss-reactive ketones (excluding diaryl/α,β-unsaturated/α-hetero) is 1. The van der Waals surface area contributed by atoms with Crippen LogP contribution in [0.2, 0.25) is 10.0 Å². The smallest absolute Gasteiger partial charge is 0.231 e. The van der Waals surface area contributed by atoms with Gasteiger partial charge in [0.25, 0.3) is 0 Å². The molecule has 3 rings (SSSR count). The van der Waals surface area contributed by atoms with E-state index in [0.29, 0.717) is 22.2 Å². The van der Waals surface area contributed by atoms with Gasteiger partial charge in [-0.2, -0.15) is 0 Å². The molecular formula is C17H19Cl2NO2. The quantitative estimate of drug-likeness (QED) is 0.847. The van der Waals surface area contributed by atoms with Gasteiger partial charge in [-0.05, 0) is 30.4 Å². The number of nitrogens with one attached hydrogen (secondary N) is 1. The van der Waals surface area contributed by atoms with Crippen LogP contribution in [0.15, 0.2) is 18.2 Å². The highest BCUT2D eigenvalue weighted by molar-refractivity contribution is 6.39. The normalized spacial score (nSPS) is 32.3. The Kier molecular flexibility index (Phi) is 3.39. The zero-order valence-corrected chi connectivity index (χ0v) is 14.4. The molecule has 3 nitrogen and oxygen atoms in total. The second-order valence-electron chi connectivity index (χ2n) is 7.19. The first-order valence-electron chi connectivity index (χ1n) is 7.44. The Labute approximate surface area is 140 Å². The fraction of sp³-hybridized carbons (Fsp3) is 0.529. The Bertz CT molecular complexity index is 665. The van der Waals surface area contributed by atoms with Crippen LogP contribution in [0.5, 0.6) is 0 Å². The molecule has 2 aliphatic carbocycles. The number of carbonyl (C=O) groups is 2. The number of amides is 1. The molecule has 1 aromatic rings. The molecule has 22 heavy (non-hydrogen) atoms. The standard InChI is InChI=1S/C17H19Cl2NO2/c1-15(2)16(3)7-8-17(15,9-12(16)21)14(22)20-13-10(18)5-4-6-11(13)19/h4-6H,7-9H2,1-3H3,(H,20,22)/t16-,17-/m0/s1. The molecule has 118 valence electrons. The zero-order chi connectivity index (χ0) is 16.3. The van der Waals surface area contributed by atoms with Crippen molar-refractivity contribution in [1.29, 1.82) is 0 Å². The number of hydrogen-bond acceptors (Lipinski definition) is 2. The SMILES string of the molecule is CC1(C)[C@@]2(C(=O)Nc3c(Cl)cccc3Cl)CC[C@@]1(C)C(=O)C2. The minimum absolute atomic E-state index is 0.151. The third-order valence-electron chi connectivity index (χ3n) is 6.34. The lowest BCUT2D eigenvalue weighted by Gasteiger charge is -2.38. The van der Waals surface area contributed by atoms with E-state index in [1.54, 1.807) is 18.2 Å². The number of halogens is 2. The number of ketones is 1. The second kappa shape index (κ2) is 4.72. The van der Waals surface area contributed by atoms with E-state index in [4.69, 9.17) is 23.2 Å². The molecule has 1 amide bonds. The lowest BCUT2D eigenvalue weighted by Crippen LogP contribution is -2.43. The highest BCUT2D eigenvalue weighted by atomic mass is 35.5. The topological polar surface area (TPSA) is 46.2 Å². The monoisotopic (exact) mass is 339 g/mol. The molecule has 1 N–H and O–H groups in total. The lowest BCUT2D eigenvalue weighted by molar-refractivity contribution is -0.131. The number of benzene rings is 1. The molecule has 2 saturated carbocycles. The summed E-state index contributed by atoms with van der Waals surface area (Å²) in [6.45, 7) is 6.04. The number of rotatable bonds is 2. The van der Waals surface area contributed by atoms with Gasteiger partial charge in [-0.1, -0.05) is 50.0 Å². The average molecular weight is 340 g/mol. The van der Waals surface area contributed by atoms with E-state index < -0.39 is 10.8 Å². The highest BCUT2D eigenvalue weighted by Crippen LogP contribution is 2.70. The van der Waals surface area contributed by atoms with Gasteiger partial charge >= 0.3 is 0 Å². The van der Waals surface area contributed by atoms with Crippen LogP contribution >= 0.6 is 23.2 Å². The lowest BCUT2D eigenvalue weighted by atomic mass is 9.64. The summed E-state index contributed by atoms with van der Waals surface area (Å²) in [5.74, 6) is 0.0335. The van der Waals surface area contributed by atoms with Crippen molar-refractivity contribution >= 4 is 40.6 Å². The minimum atomic E-state index is -0.679. The van der Waals surface area contributed by atoms with Crippen LogP contribution in [0, 0.1) is 16.2 Å². The summed E-state index contributed by atoms with van der Waals surface area (Å²) in [6, 6.07) is 5.10. The summed E-state index contributed by atoms with van der Waals surface area (Å²) in [5, 5.41) is 3.68. The predicted octanol–water partition coefficient (Wildman–Crippen LogP) is 4.72. The van der Waals surface area contributed by atoms with Gasteiger partial charge in [0.2, 0.25) is 5.91 Å². The molecule has 0 saturated heterocycles. The van der Waals surface area contributed by atoms with Gasteiger partial charge in [-0.25, -0.2) is 0 Å². The van der Waals surface area contributed by atoms with E-state index in [0.717, 1.165) is 12.8 Å². The first-order valence-corrected chi connectivity index (χ1v) is 8.20. The van der Waals surface area contributed by atoms with Crippen LogP contribution in [-0.2, 0) is 9.59 Å². The fourth-order valence-corrected chi connectivity index (χ4v) is 4.70. The third-order valence-corrected chi connectivity index (χ3v) is 6.97. The first kappa shape index (κ1) is 15.8. The number of para-hydroxylation sites is 1. The maximum absolute atomic E-state index is 13.0.